The van der Waals surface area contributed by atoms with Crippen LogP contribution in [0, 0.1) is 6.92 Å². The van der Waals surface area contributed by atoms with E-state index >= 15 is 0 Å². The minimum atomic E-state index is -0.342. The summed E-state index contributed by atoms with van der Waals surface area (Å²) in [6, 6.07) is 8.05. The molecular weight excluding hydrogens is 340 g/mol. The van der Waals surface area contributed by atoms with Crippen LogP contribution in [0.25, 0.3) is 0 Å². The Bertz CT molecular complexity index is 816. The number of nitrogens with zero attached hydrogens (tertiary/aromatic N) is 5. The zero-order valence-electron chi connectivity index (χ0n) is 13.9. The molecule has 0 aliphatic heterocycles. The maximum Gasteiger partial charge on any atom is 0.277 e. The number of carbonyl (C=O) groups excluding carboxylic acids is 1. The Morgan fingerprint density at radius 3 is 2.84 bits per heavy atom. The van der Waals surface area contributed by atoms with Crippen LogP contribution in [0.2, 0.25) is 0 Å². The Hall–Kier alpha value is -2.68. The van der Waals surface area contributed by atoms with E-state index in [0.29, 0.717) is 24.2 Å². The van der Waals surface area contributed by atoms with Crippen molar-refractivity contribution < 1.29 is 9.21 Å². The molecule has 3 rings (SSSR count). The fraction of sp³-hybridized carbons (Fsp3) is 0.312. The fourth-order valence-electron chi connectivity index (χ4n) is 2.05. The lowest BCUT2D eigenvalue weighted by molar-refractivity contribution is -0.120. The van der Waals surface area contributed by atoms with Crippen molar-refractivity contribution in [3.63, 3.8) is 0 Å². The number of carbonyl (C=O) groups is 1. The highest BCUT2D eigenvalue weighted by atomic mass is 32.2. The van der Waals surface area contributed by atoms with Gasteiger partial charge in [-0.15, -0.1) is 10.2 Å². The van der Waals surface area contributed by atoms with E-state index in [4.69, 9.17) is 4.42 Å². The summed E-state index contributed by atoms with van der Waals surface area (Å²) in [5.41, 5.74) is 2.25. The molecule has 0 radical (unpaired) electrons. The minimum Gasteiger partial charge on any atom is -0.414 e. The maximum atomic E-state index is 12.2. The van der Waals surface area contributed by atoms with Crippen molar-refractivity contribution in [3.8, 4) is 0 Å². The third-order valence-electron chi connectivity index (χ3n) is 3.45. The maximum absolute atomic E-state index is 12.2. The van der Waals surface area contributed by atoms with Crippen LogP contribution in [0.15, 0.2) is 46.6 Å². The van der Waals surface area contributed by atoms with Crippen molar-refractivity contribution in [2.24, 2.45) is 0 Å². The average molecular weight is 358 g/mol. The summed E-state index contributed by atoms with van der Waals surface area (Å²) in [6.45, 7) is 4.67. The van der Waals surface area contributed by atoms with Crippen molar-refractivity contribution in [2.75, 3.05) is 0 Å². The number of nitrogens with one attached hydrogen (secondary N) is 1. The van der Waals surface area contributed by atoms with E-state index in [-0.39, 0.29) is 11.2 Å². The lowest BCUT2D eigenvalue weighted by Gasteiger charge is -2.10. The van der Waals surface area contributed by atoms with E-state index in [2.05, 4.69) is 25.6 Å². The molecule has 1 unspecified atom stereocenters. The smallest absolute Gasteiger partial charge is 0.277 e. The number of hydrogen-bond acceptors (Lipinski definition) is 7. The van der Waals surface area contributed by atoms with E-state index in [9.17, 15) is 4.79 Å². The fourth-order valence-corrected chi connectivity index (χ4v) is 2.77. The number of hydrogen-bond donors (Lipinski definition) is 1. The molecule has 0 aliphatic carbocycles. The summed E-state index contributed by atoms with van der Waals surface area (Å²) >= 11 is 1.23. The van der Waals surface area contributed by atoms with Gasteiger partial charge in [0.25, 0.3) is 5.22 Å². The van der Waals surface area contributed by atoms with Crippen molar-refractivity contribution in [1.82, 2.24) is 30.3 Å². The molecule has 2 heterocycles. The third kappa shape index (κ3) is 4.90. The molecule has 0 spiro atoms. The molecule has 0 aliphatic rings. The van der Waals surface area contributed by atoms with Crippen molar-refractivity contribution in [1.29, 1.82) is 0 Å². The molecule has 0 saturated carbocycles. The summed E-state index contributed by atoms with van der Waals surface area (Å²) in [4.78, 5) is 16.1. The van der Waals surface area contributed by atoms with Gasteiger partial charge in [-0.05, 0) is 19.4 Å². The quantitative estimate of drug-likeness (QED) is 0.643. The standard InChI is InChI=1S/C16H18N6O2S/c1-11-3-5-13(6-4-11)7-18-15(23)12(2)25-16-21-20-14(24-16)8-22-10-17-9-19-22/h3-6,9-10,12H,7-8H2,1-2H3,(H,18,23). The first-order valence-electron chi connectivity index (χ1n) is 7.75. The van der Waals surface area contributed by atoms with Gasteiger partial charge in [0.1, 0.15) is 19.2 Å². The minimum absolute atomic E-state index is 0.0819. The van der Waals surface area contributed by atoms with Crippen LogP contribution in [0.1, 0.15) is 23.9 Å². The first kappa shape index (κ1) is 17.2. The summed E-state index contributed by atoms with van der Waals surface area (Å²) in [7, 11) is 0. The van der Waals surface area contributed by atoms with Gasteiger partial charge in [-0.3, -0.25) is 4.79 Å². The van der Waals surface area contributed by atoms with E-state index in [1.807, 2.05) is 31.2 Å². The Morgan fingerprint density at radius 2 is 2.12 bits per heavy atom. The number of thioether (sulfide) groups is 1. The molecule has 9 heteroatoms. The van der Waals surface area contributed by atoms with Crippen LogP contribution < -0.4 is 5.32 Å². The van der Waals surface area contributed by atoms with Gasteiger partial charge in [0.15, 0.2) is 0 Å². The predicted molar refractivity (Wildman–Crippen MR) is 91.8 cm³/mol. The second kappa shape index (κ2) is 7.93. The molecule has 3 aromatic rings. The lowest BCUT2D eigenvalue weighted by Crippen LogP contribution is -2.30. The second-order valence-corrected chi connectivity index (χ2v) is 6.81. The van der Waals surface area contributed by atoms with Crippen LogP contribution in [-0.4, -0.2) is 36.1 Å². The van der Waals surface area contributed by atoms with Gasteiger partial charge in [-0.2, -0.15) is 5.10 Å². The zero-order chi connectivity index (χ0) is 17.6. The van der Waals surface area contributed by atoms with E-state index in [0.717, 1.165) is 5.56 Å². The summed E-state index contributed by atoms with van der Waals surface area (Å²) in [6.07, 6.45) is 3.00. The topological polar surface area (TPSA) is 98.7 Å². The molecule has 0 saturated heterocycles. The molecular formula is C16H18N6O2S. The van der Waals surface area contributed by atoms with Gasteiger partial charge in [-0.1, -0.05) is 41.6 Å². The van der Waals surface area contributed by atoms with Crippen LogP contribution >= 0.6 is 11.8 Å². The first-order valence-corrected chi connectivity index (χ1v) is 8.63. The highest BCUT2D eigenvalue weighted by Gasteiger charge is 2.18. The van der Waals surface area contributed by atoms with Crippen LogP contribution in [0.3, 0.4) is 0 Å². The molecule has 1 N–H and O–H groups in total. The number of aryl methyl sites for hydroxylation is 1. The molecule has 2 aromatic heterocycles. The van der Waals surface area contributed by atoms with Gasteiger partial charge >= 0.3 is 0 Å². The number of amides is 1. The second-order valence-electron chi connectivity index (χ2n) is 5.52. The van der Waals surface area contributed by atoms with E-state index in [1.54, 1.807) is 17.9 Å². The summed E-state index contributed by atoms with van der Waals surface area (Å²) in [5, 5.41) is 14.8. The third-order valence-corrected chi connectivity index (χ3v) is 4.38. The molecule has 8 nitrogen and oxygen atoms in total. The van der Waals surface area contributed by atoms with Gasteiger partial charge in [0.2, 0.25) is 11.8 Å². The van der Waals surface area contributed by atoms with E-state index < -0.39 is 0 Å². The Balaban J connectivity index is 1.49. The Kier molecular flexibility index (Phi) is 5.44. The lowest BCUT2D eigenvalue weighted by atomic mass is 10.1. The van der Waals surface area contributed by atoms with Crippen molar-refractivity contribution >= 4 is 17.7 Å². The van der Waals surface area contributed by atoms with Gasteiger partial charge in [-0.25, -0.2) is 9.67 Å². The summed E-state index contributed by atoms with van der Waals surface area (Å²) < 4.78 is 7.11. The molecule has 130 valence electrons. The van der Waals surface area contributed by atoms with Crippen LogP contribution in [0.5, 0.6) is 0 Å². The van der Waals surface area contributed by atoms with Crippen molar-refractivity contribution in [3.05, 3.63) is 53.9 Å². The molecule has 1 amide bonds. The number of benzene rings is 1. The highest BCUT2D eigenvalue weighted by Crippen LogP contribution is 2.22. The van der Waals surface area contributed by atoms with Gasteiger partial charge in [0, 0.05) is 6.54 Å². The highest BCUT2D eigenvalue weighted by molar-refractivity contribution is 8.00. The molecule has 1 aromatic carbocycles. The largest absolute Gasteiger partial charge is 0.414 e. The monoisotopic (exact) mass is 358 g/mol. The van der Waals surface area contributed by atoms with Crippen LogP contribution in [-0.2, 0) is 17.9 Å². The first-order chi connectivity index (χ1) is 12.1. The zero-order valence-corrected chi connectivity index (χ0v) is 14.7. The number of aromatic nitrogens is 5. The molecule has 0 bridgehead atoms. The normalized spacial score (nSPS) is 12.1. The Morgan fingerprint density at radius 1 is 1.32 bits per heavy atom. The predicted octanol–water partition coefficient (Wildman–Crippen LogP) is 1.81. The molecule has 25 heavy (non-hydrogen) atoms. The van der Waals surface area contributed by atoms with Gasteiger partial charge < -0.3 is 9.73 Å². The molecule has 0 fully saturated rings. The SMILES string of the molecule is Cc1ccc(CNC(=O)C(C)Sc2nnc(Cn3cncn3)o2)cc1. The van der Waals surface area contributed by atoms with Crippen molar-refractivity contribution in [2.45, 2.75) is 37.4 Å². The number of rotatable bonds is 7. The average Bonchev–Trinajstić information content (AvgIpc) is 3.26. The van der Waals surface area contributed by atoms with E-state index in [1.165, 1.54) is 23.7 Å². The van der Waals surface area contributed by atoms with Crippen LogP contribution in [0.4, 0.5) is 0 Å². The molecule has 1 atom stereocenters. The van der Waals surface area contributed by atoms with Gasteiger partial charge in [0.05, 0.1) is 5.25 Å². The Labute approximate surface area is 149 Å². The summed E-state index contributed by atoms with van der Waals surface area (Å²) in [5.74, 6) is 0.335.